The molecule has 1 aromatic carbocycles. The molecule has 1 aromatic rings. The highest BCUT2D eigenvalue weighted by atomic mass is 35.5. The van der Waals surface area contributed by atoms with E-state index in [1.165, 1.54) is 0 Å². The predicted molar refractivity (Wildman–Crippen MR) is 54.2 cm³/mol. The number of halogens is 1. The van der Waals surface area contributed by atoms with Crippen molar-refractivity contribution in [2.24, 2.45) is 0 Å². The fourth-order valence-corrected chi connectivity index (χ4v) is 1.55. The molecule has 1 aliphatic rings. The smallest absolute Gasteiger partial charge is 0.385 e. The zero-order chi connectivity index (χ0) is 9.80. The van der Waals surface area contributed by atoms with E-state index in [0.29, 0.717) is 5.69 Å². The molecule has 4 nitrogen and oxygen atoms in total. The lowest BCUT2D eigenvalue weighted by Crippen LogP contribution is -3.00. The Morgan fingerprint density at radius 1 is 1.13 bits per heavy atom. The lowest BCUT2D eigenvalue weighted by Gasteiger charge is -2.28. The van der Waals surface area contributed by atoms with Gasteiger partial charge in [0.05, 0.1) is 13.2 Å². The van der Waals surface area contributed by atoms with Crippen LogP contribution in [-0.4, -0.2) is 26.3 Å². The van der Waals surface area contributed by atoms with Crippen molar-refractivity contribution in [2.45, 2.75) is 0 Å². The molecule has 1 aliphatic heterocycles. The quantitative estimate of drug-likeness (QED) is 0.577. The number of benzene rings is 1. The van der Waals surface area contributed by atoms with Gasteiger partial charge in [0.15, 0.2) is 4.98 Å². The highest BCUT2D eigenvalue weighted by Gasteiger charge is 2.12. The third-order valence-corrected chi connectivity index (χ3v) is 2.34. The van der Waals surface area contributed by atoms with Crippen LogP contribution >= 0.6 is 0 Å². The van der Waals surface area contributed by atoms with Gasteiger partial charge in [0, 0.05) is 30.9 Å². The zero-order valence-corrected chi connectivity index (χ0v) is 9.02. The molecule has 0 bridgehead atoms. The lowest BCUT2D eigenvalue weighted by molar-refractivity contribution is -0.00000381. The Kier molecular flexibility index (Phi) is 4.35. The third-order valence-electron chi connectivity index (χ3n) is 2.34. The Bertz CT molecular complexity index is 341. The SMILES string of the molecule is N#[N+]c1ccc(N2CCOCC2)cc1.[Cl-]. The van der Waals surface area contributed by atoms with Gasteiger partial charge >= 0.3 is 5.69 Å². The molecule has 0 radical (unpaired) electrons. The Morgan fingerprint density at radius 2 is 1.73 bits per heavy atom. The number of anilines is 1. The van der Waals surface area contributed by atoms with Crippen LogP contribution in [0.1, 0.15) is 0 Å². The molecular formula is C10H12ClN3O. The van der Waals surface area contributed by atoms with Crippen LogP contribution in [0.25, 0.3) is 4.98 Å². The van der Waals surface area contributed by atoms with Crippen LogP contribution in [0.5, 0.6) is 0 Å². The maximum Gasteiger partial charge on any atom is 0.385 e. The number of ether oxygens (including phenoxy) is 1. The zero-order valence-electron chi connectivity index (χ0n) is 8.27. The van der Waals surface area contributed by atoms with E-state index in [-0.39, 0.29) is 12.4 Å². The van der Waals surface area contributed by atoms with Gasteiger partial charge in [-0.05, 0) is 12.1 Å². The highest BCUT2D eigenvalue weighted by Crippen LogP contribution is 2.20. The van der Waals surface area contributed by atoms with Crippen molar-refractivity contribution in [3.63, 3.8) is 0 Å². The van der Waals surface area contributed by atoms with E-state index < -0.39 is 0 Å². The van der Waals surface area contributed by atoms with E-state index in [0.717, 1.165) is 32.0 Å². The Labute approximate surface area is 94.9 Å². The molecule has 0 spiro atoms. The Balaban J connectivity index is 0.00000112. The first kappa shape index (κ1) is 11.8. The molecule has 5 heteroatoms. The Hall–Kier alpha value is -1.31. The summed E-state index contributed by atoms with van der Waals surface area (Å²) >= 11 is 0. The maximum atomic E-state index is 8.53. The van der Waals surface area contributed by atoms with Crippen molar-refractivity contribution in [1.29, 1.82) is 5.39 Å². The molecule has 0 amide bonds. The van der Waals surface area contributed by atoms with Crippen molar-refractivity contribution in [3.05, 3.63) is 29.2 Å². The second-order valence-electron chi connectivity index (χ2n) is 3.22. The van der Waals surface area contributed by atoms with Gasteiger partial charge in [0.1, 0.15) is 0 Å². The van der Waals surface area contributed by atoms with Crippen LogP contribution in [0.4, 0.5) is 11.4 Å². The van der Waals surface area contributed by atoms with E-state index in [9.17, 15) is 0 Å². The third kappa shape index (κ3) is 2.82. The van der Waals surface area contributed by atoms with Gasteiger partial charge in [-0.15, -0.1) is 0 Å². The number of morpholine rings is 1. The molecule has 2 rings (SSSR count). The van der Waals surface area contributed by atoms with Gasteiger partial charge in [-0.1, -0.05) is 0 Å². The molecule has 1 saturated heterocycles. The summed E-state index contributed by atoms with van der Waals surface area (Å²) in [5.41, 5.74) is 1.74. The molecule has 1 fully saturated rings. The minimum atomic E-state index is 0. The summed E-state index contributed by atoms with van der Waals surface area (Å²) in [6.07, 6.45) is 0. The van der Waals surface area contributed by atoms with Crippen LogP contribution < -0.4 is 17.3 Å². The van der Waals surface area contributed by atoms with Crippen molar-refractivity contribution < 1.29 is 17.1 Å². The maximum absolute atomic E-state index is 8.53. The molecule has 1 heterocycles. The summed E-state index contributed by atoms with van der Waals surface area (Å²) in [5, 5.41) is 8.53. The van der Waals surface area contributed by atoms with Crippen LogP contribution in [0, 0.1) is 5.39 Å². The number of diazo groups is 1. The topological polar surface area (TPSA) is 40.6 Å². The molecule has 0 N–H and O–H groups in total. The number of hydrogen-bond acceptors (Lipinski definition) is 3. The summed E-state index contributed by atoms with van der Waals surface area (Å²) in [6, 6.07) is 7.51. The number of hydrogen-bond donors (Lipinski definition) is 0. The molecule has 15 heavy (non-hydrogen) atoms. The van der Waals surface area contributed by atoms with E-state index in [2.05, 4.69) is 9.88 Å². The largest absolute Gasteiger partial charge is 1.00 e. The van der Waals surface area contributed by atoms with Gasteiger partial charge in [-0.2, -0.15) is 0 Å². The summed E-state index contributed by atoms with van der Waals surface area (Å²) < 4.78 is 5.27. The normalized spacial score (nSPS) is 15.3. The van der Waals surface area contributed by atoms with Gasteiger partial charge < -0.3 is 22.0 Å². The summed E-state index contributed by atoms with van der Waals surface area (Å²) in [7, 11) is 0. The summed E-state index contributed by atoms with van der Waals surface area (Å²) in [6.45, 7) is 3.42. The molecule has 0 aliphatic carbocycles. The Morgan fingerprint density at radius 3 is 2.27 bits per heavy atom. The van der Waals surface area contributed by atoms with E-state index in [1.807, 2.05) is 12.1 Å². The first-order valence-corrected chi connectivity index (χ1v) is 4.68. The average Bonchev–Trinajstić information content (AvgIpc) is 2.30. The van der Waals surface area contributed by atoms with Crippen molar-refractivity contribution in [2.75, 3.05) is 31.2 Å². The second-order valence-corrected chi connectivity index (χ2v) is 3.22. The van der Waals surface area contributed by atoms with Crippen molar-refractivity contribution >= 4 is 11.4 Å². The van der Waals surface area contributed by atoms with Gasteiger partial charge in [0.2, 0.25) is 5.39 Å². The lowest BCUT2D eigenvalue weighted by atomic mass is 10.2. The molecule has 80 valence electrons. The summed E-state index contributed by atoms with van der Waals surface area (Å²) in [4.78, 5) is 5.37. The predicted octanol–water partition coefficient (Wildman–Crippen LogP) is -0.988. The van der Waals surface area contributed by atoms with Crippen LogP contribution in [0.15, 0.2) is 24.3 Å². The molecule has 0 saturated carbocycles. The van der Waals surface area contributed by atoms with E-state index in [1.54, 1.807) is 12.1 Å². The minimum absolute atomic E-state index is 0. The van der Waals surface area contributed by atoms with Crippen molar-refractivity contribution in [3.8, 4) is 0 Å². The number of rotatable bonds is 1. The molecular weight excluding hydrogens is 214 g/mol. The van der Waals surface area contributed by atoms with E-state index >= 15 is 0 Å². The fraction of sp³-hybridized carbons (Fsp3) is 0.400. The van der Waals surface area contributed by atoms with Gasteiger partial charge in [-0.25, -0.2) is 0 Å². The molecule has 0 atom stereocenters. The number of nitrogens with zero attached hydrogens (tertiary/aromatic N) is 3. The van der Waals surface area contributed by atoms with Gasteiger partial charge in [-0.3, -0.25) is 0 Å². The van der Waals surface area contributed by atoms with Gasteiger partial charge in [0.25, 0.3) is 0 Å². The molecule has 0 unspecified atom stereocenters. The first-order chi connectivity index (χ1) is 6.90. The monoisotopic (exact) mass is 225 g/mol. The van der Waals surface area contributed by atoms with Crippen LogP contribution in [-0.2, 0) is 4.74 Å². The van der Waals surface area contributed by atoms with Crippen molar-refractivity contribution in [1.82, 2.24) is 0 Å². The highest BCUT2D eigenvalue weighted by molar-refractivity contribution is 5.55. The standard InChI is InChI=1S/C10H12N3O.ClH/c11-12-9-1-3-10(4-2-9)13-5-7-14-8-6-13;/h1-4H,5-8H2;1H/q+1;/p-1. The first-order valence-electron chi connectivity index (χ1n) is 4.68. The van der Waals surface area contributed by atoms with Crippen LogP contribution in [0.3, 0.4) is 0 Å². The fourth-order valence-electron chi connectivity index (χ4n) is 1.55. The van der Waals surface area contributed by atoms with Crippen LogP contribution in [0.2, 0.25) is 0 Å². The average molecular weight is 226 g/mol. The van der Waals surface area contributed by atoms with E-state index in [4.69, 9.17) is 10.1 Å². The summed E-state index contributed by atoms with van der Waals surface area (Å²) in [5.74, 6) is 0. The molecule has 0 aromatic heterocycles. The minimum Gasteiger partial charge on any atom is -1.00 e. The second kappa shape index (κ2) is 5.54.